The SMILES string of the molecule is N#CCCl.N#CCS(=O)(=O)Cl.N#CCS(=O)(=O)[O-].O.O.O.O.O.O.O.O=S(=O)=O.[Na+].[Na][Na].[Na][Na].[Na][Na].[Na][Na].[Na][Na].[Na][Na].[Na][Na]. The van der Waals surface area contributed by atoms with Gasteiger partial charge in [0.1, 0.15) is 21.8 Å². The van der Waals surface area contributed by atoms with Crippen molar-refractivity contribution in [2.24, 2.45) is 0 Å². The van der Waals surface area contributed by atoms with Crippen molar-refractivity contribution in [3.8, 4) is 18.2 Å². The van der Waals surface area contributed by atoms with E-state index < -0.39 is 41.3 Å². The van der Waals surface area contributed by atoms with Gasteiger partial charge in [0.2, 0.25) is 9.05 Å². The first-order valence-corrected chi connectivity index (χ1v) is 72.7. The molecule has 0 aromatic rings. The van der Waals surface area contributed by atoms with E-state index in [2.05, 4.69) is 10.7 Å². The number of rotatable bonds is 2. The fraction of sp³-hybridized carbons (Fsp3) is 0.500. The molecular weight excluding hydrogens is 866 g/mol. The zero-order chi connectivity index (χ0) is 32.8. The van der Waals surface area contributed by atoms with Crippen LogP contribution in [-0.4, -0.2) is 395 Å². The van der Waals surface area contributed by atoms with E-state index >= 15 is 0 Å². The Bertz CT molecular complexity index is 722. The summed E-state index contributed by atoms with van der Waals surface area (Å²) in [5.41, 5.74) is 0. The van der Waals surface area contributed by atoms with Crippen molar-refractivity contribution in [2.75, 3.05) is 17.4 Å². The summed E-state index contributed by atoms with van der Waals surface area (Å²) in [7, 11) is -6.38. The van der Waals surface area contributed by atoms with Crippen molar-refractivity contribution in [3.63, 3.8) is 0 Å². The van der Waals surface area contributed by atoms with Crippen molar-refractivity contribution in [3.05, 3.63) is 0 Å². The number of hydrogen-bond acceptors (Lipinski definition) is 11. The maximum absolute atomic E-state index is 9.77. The van der Waals surface area contributed by atoms with Gasteiger partial charge in [-0.25, -0.2) is 16.8 Å². The van der Waals surface area contributed by atoms with Gasteiger partial charge < -0.3 is 42.9 Å². The summed E-state index contributed by atoms with van der Waals surface area (Å²) in [5, 5.41) is 22.8. The maximum atomic E-state index is 9.77. The number of halogens is 2. The number of alkyl halides is 1. The molecule has 0 atom stereocenters. The molecule has 18 nitrogen and oxygen atoms in total. The Labute approximate surface area is 493 Å². The molecule has 38 heteroatoms. The summed E-state index contributed by atoms with van der Waals surface area (Å²) >= 11 is 25.0. The molecule has 0 heterocycles. The number of nitrogens with zero attached hydrogens (tertiary/aromatic N) is 3. The second-order valence-electron chi connectivity index (χ2n) is 2.20. The second-order valence-corrected chi connectivity index (χ2v) is 7.05. The Kier molecular flexibility index (Phi) is 412. The first kappa shape index (κ1) is 124. The van der Waals surface area contributed by atoms with Gasteiger partial charge in [0, 0.05) is 10.7 Å². The van der Waals surface area contributed by atoms with Crippen LogP contribution in [0.3, 0.4) is 0 Å². The van der Waals surface area contributed by atoms with E-state index in [-0.39, 0.29) is 73.8 Å². The van der Waals surface area contributed by atoms with E-state index in [1.54, 1.807) is 6.07 Å². The second kappa shape index (κ2) is 146. The Morgan fingerprint density at radius 2 is 0.682 bits per heavy atom. The molecule has 0 unspecified atom stereocenters. The van der Waals surface area contributed by atoms with E-state index in [4.69, 9.17) is 40.0 Å². The van der Waals surface area contributed by atoms with Crippen LogP contribution in [0.15, 0.2) is 0 Å². The normalized spacial score (nSPS) is 5.55. The van der Waals surface area contributed by atoms with Crippen LogP contribution >= 0.6 is 22.3 Å². The van der Waals surface area contributed by atoms with Crippen LogP contribution in [0, 0.1) is 34.0 Å². The molecule has 0 saturated carbocycles. The molecule has 196 valence electrons. The number of hydrogen-bond donors (Lipinski definition) is 0. The van der Waals surface area contributed by atoms with Crippen molar-refractivity contribution in [1.82, 2.24) is 0 Å². The average Bonchev–Trinajstić information content (AvgIpc) is 2.86. The Morgan fingerprint density at radius 3 is 0.682 bits per heavy atom. The van der Waals surface area contributed by atoms with Crippen LogP contribution in [-0.2, 0) is 29.8 Å². The van der Waals surface area contributed by atoms with Crippen LogP contribution in [0.2, 0.25) is 0 Å². The van der Waals surface area contributed by atoms with Crippen molar-refractivity contribution < 1.29 is 102 Å². The summed E-state index contributed by atoms with van der Waals surface area (Å²) in [4.78, 5) is 0. The Hall–Kier alpha value is 13.2. The minimum absolute atomic E-state index is 0. The van der Waals surface area contributed by atoms with Gasteiger partial charge in [-0.1, -0.05) is 0 Å². The van der Waals surface area contributed by atoms with Crippen molar-refractivity contribution in [2.45, 2.75) is 0 Å². The molecule has 0 rings (SSSR count). The molecule has 44 heavy (non-hydrogen) atoms. The van der Waals surface area contributed by atoms with Crippen molar-refractivity contribution in [1.29, 1.82) is 15.8 Å². The molecule has 0 saturated heterocycles. The summed E-state index contributed by atoms with van der Waals surface area (Å²) < 4.78 is 73.2. The quantitative estimate of drug-likeness (QED) is 0.108. The average molecular weight is 886 g/mol. The zero-order valence-electron chi connectivity index (χ0n) is 28.7. The summed E-state index contributed by atoms with van der Waals surface area (Å²) in [6.07, 6.45) is 0. The van der Waals surface area contributed by atoms with Gasteiger partial charge in [0.25, 0.3) is 0 Å². The molecular formula is C6H20Cl2N3Na15O15S3. The van der Waals surface area contributed by atoms with E-state index in [0.717, 1.165) is 0 Å². The predicted molar refractivity (Wildman–Crippen MR) is 177 cm³/mol. The zero-order valence-corrected chi connectivity index (χ0v) is 62.7. The molecule has 0 aliphatic carbocycles. The molecule has 0 aliphatic heterocycles. The molecule has 14 N–H and O–H groups in total. The monoisotopic (exact) mass is 885 g/mol. The van der Waals surface area contributed by atoms with Gasteiger partial charge in [-0.05, 0) is 0 Å². The van der Waals surface area contributed by atoms with E-state index in [9.17, 15) is 21.4 Å². The van der Waals surface area contributed by atoms with E-state index in [1.165, 1.54) is 317 Å². The standard InChI is InChI=1S/C2H2ClNO2S.C2H2ClN.C2H3NO3S.15Na.O3S.7H2O/c3-7(5,6)2-1-4;3-1-2-4;3-1-2-7(4,5)6;;;;;;;;;;;;;;;;1-4(2)3;;;;;;;/h2H2;1H2;2H2,(H,4,5,6);;;;;;;;;;;;;;;;;7*1H2/q;;;;;;;;;;;;;;;;;+1;;;;;;;;/p-1. The minimum atomic E-state index is -4.29. The summed E-state index contributed by atoms with van der Waals surface area (Å²) in [6.45, 7) is 0. The van der Waals surface area contributed by atoms with Crippen LogP contribution in [0.4, 0.5) is 0 Å². The number of nitriles is 3. The van der Waals surface area contributed by atoms with Crippen LogP contribution in [0.5, 0.6) is 0 Å². The topological polar surface area (TPSA) is 434 Å². The fourth-order valence-electron chi connectivity index (χ4n) is 0.156. The first-order valence-electron chi connectivity index (χ1n) is 11.1. The van der Waals surface area contributed by atoms with Gasteiger partial charge in [-0.2, -0.15) is 15.8 Å². The van der Waals surface area contributed by atoms with Gasteiger partial charge in [0.05, 0.1) is 18.2 Å². The van der Waals surface area contributed by atoms with Gasteiger partial charge in [-0.15, -0.1) is 24.2 Å². The summed E-state index contributed by atoms with van der Waals surface area (Å²) in [5.74, 6) is -1.46. The molecule has 0 spiro atoms. The molecule has 0 aromatic heterocycles. The molecule has 0 radical (unpaired) electrons. The van der Waals surface area contributed by atoms with Crippen LogP contribution in [0.25, 0.3) is 0 Å². The third-order valence-corrected chi connectivity index (χ3v) is 1.94. The molecule has 0 bridgehead atoms. The Morgan fingerprint density at radius 1 is 0.545 bits per heavy atom. The summed E-state index contributed by atoms with van der Waals surface area (Å²) in [6, 6.07) is 4.29. The molecule has 0 amide bonds. The fourth-order valence-corrected chi connectivity index (χ4v) is 0.615. The van der Waals surface area contributed by atoms with Gasteiger partial charge >= 0.3 is 345 Å². The van der Waals surface area contributed by atoms with Crippen molar-refractivity contribution >= 4 is 357 Å². The molecule has 0 fully saturated rings. The van der Waals surface area contributed by atoms with Gasteiger partial charge in [-0.3, -0.25) is 0 Å². The van der Waals surface area contributed by atoms with Crippen LogP contribution in [0.1, 0.15) is 0 Å². The Balaban J connectivity index is -0.00000000943. The third-order valence-electron chi connectivity index (χ3n) is 0.538. The van der Waals surface area contributed by atoms with E-state index in [0.29, 0.717) is 0 Å². The predicted octanol–water partition coefficient (Wildman–Crippen LogP) is -15.2. The van der Waals surface area contributed by atoms with E-state index in [1.807, 2.05) is 0 Å². The van der Waals surface area contributed by atoms with Crippen LogP contribution < -0.4 is 29.6 Å². The first-order chi connectivity index (χ1) is 16.8. The molecule has 0 aliphatic rings. The molecule has 0 aromatic carbocycles. The van der Waals surface area contributed by atoms with Gasteiger partial charge in [0.15, 0.2) is 5.75 Å². The third kappa shape index (κ3) is 328.